The highest BCUT2D eigenvalue weighted by Gasteiger charge is 2.51. The number of piperidine rings is 1. The van der Waals surface area contributed by atoms with Crippen LogP contribution in [0.15, 0.2) is 12.4 Å². The largest absolute Gasteiger partial charge is 0.341 e. The number of amides is 2. The number of anilines is 1. The fourth-order valence-electron chi connectivity index (χ4n) is 4.32. The SMILES string of the molecule is Cn1cc(N2CC[C@]3(CCCN(C(=O)C4CC(F)C4)C3)C2=O)cn1. The van der Waals surface area contributed by atoms with Crippen molar-refractivity contribution in [3.63, 3.8) is 0 Å². The van der Waals surface area contributed by atoms with Crippen LogP contribution in [0.2, 0.25) is 0 Å². The minimum atomic E-state index is -0.827. The van der Waals surface area contributed by atoms with Gasteiger partial charge in [0.1, 0.15) is 6.17 Å². The molecule has 1 aliphatic carbocycles. The van der Waals surface area contributed by atoms with Crippen molar-refractivity contribution in [1.82, 2.24) is 14.7 Å². The molecular weight excluding hydrogens is 311 g/mol. The Morgan fingerprint density at radius 3 is 2.79 bits per heavy atom. The number of aryl methyl sites for hydroxylation is 1. The molecular formula is C17H23FN4O2. The van der Waals surface area contributed by atoms with E-state index in [0.29, 0.717) is 32.5 Å². The number of carbonyl (C=O) groups is 2. The van der Waals surface area contributed by atoms with Crippen molar-refractivity contribution >= 4 is 17.5 Å². The Bertz CT molecular complexity index is 669. The normalized spacial score (nSPS) is 33.2. The third-order valence-corrected chi connectivity index (χ3v) is 5.83. The van der Waals surface area contributed by atoms with Crippen LogP contribution in [0.5, 0.6) is 0 Å². The van der Waals surface area contributed by atoms with Gasteiger partial charge in [-0.05, 0) is 32.1 Å². The van der Waals surface area contributed by atoms with Crippen LogP contribution in [-0.4, -0.2) is 52.3 Å². The molecule has 0 aromatic carbocycles. The first kappa shape index (κ1) is 15.6. The van der Waals surface area contributed by atoms with Gasteiger partial charge in [-0.3, -0.25) is 14.3 Å². The van der Waals surface area contributed by atoms with Gasteiger partial charge in [-0.15, -0.1) is 0 Å². The van der Waals surface area contributed by atoms with E-state index in [2.05, 4.69) is 5.10 Å². The quantitative estimate of drug-likeness (QED) is 0.824. The summed E-state index contributed by atoms with van der Waals surface area (Å²) in [5, 5.41) is 4.14. The molecule has 4 rings (SSSR count). The van der Waals surface area contributed by atoms with Crippen LogP contribution in [0.4, 0.5) is 10.1 Å². The lowest BCUT2D eigenvalue weighted by molar-refractivity contribution is -0.146. The lowest BCUT2D eigenvalue weighted by Crippen LogP contribution is -2.52. The highest BCUT2D eigenvalue weighted by molar-refractivity contribution is 6.00. The van der Waals surface area contributed by atoms with Crippen molar-refractivity contribution in [1.29, 1.82) is 0 Å². The Morgan fingerprint density at radius 2 is 2.12 bits per heavy atom. The zero-order valence-corrected chi connectivity index (χ0v) is 13.9. The Balaban J connectivity index is 1.48. The van der Waals surface area contributed by atoms with Crippen LogP contribution in [-0.2, 0) is 16.6 Å². The molecule has 1 saturated carbocycles. The number of hydrogen-bond donors (Lipinski definition) is 0. The minimum absolute atomic E-state index is 0.0376. The van der Waals surface area contributed by atoms with Gasteiger partial charge in [-0.2, -0.15) is 5.10 Å². The summed E-state index contributed by atoms with van der Waals surface area (Å²) in [5.74, 6) is -0.0401. The maximum absolute atomic E-state index is 13.1. The summed E-state index contributed by atoms with van der Waals surface area (Å²) in [6.45, 7) is 1.84. The number of alkyl halides is 1. The Labute approximate surface area is 140 Å². The van der Waals surface area contributed by atoms with Crippen molar-refractivity contribution in [3.8, 4) is 0 Å². The Kier molecular flexibility index (Phi) is 3.62. The first-order chi connectivity index (χ1) is 11.5. The van der Waals surface area contributed by atoms with Crippen molar-refractivity contribution < 1.29 is 14.0 Å². The number of hydrogen-bond acceptors (Lipinski definition) is 3. The van der Waals surface area contributed by atoms with E-state index in [9.17, 15) is 14.0 Å². The number of halogens is 1. The predicted octanol–water partition coefficient (Wildman–Crippen LogP) is 1.51. The zero-order valence-electron chi connectivity index (χ0n) is 13.9. The molecule has 24 heavy (non-hydrogen) atoms. The zero-order chi connectivity index (χ0) is 16.9. The molecule has 2 aliphatic heterocycles. The molecule has 1 spiro atoms. The molecule has 1 aromatic heterocycles. The summed E-state index contributed by atoms with van der Waals surface area (Å²) >= 11 is 0. The standard InChI is InChI=1S/C17H23FN4O2/c1-20-10-14(9-19-20)22-6-4-17(16(22)24)3-2-5-21(11-17)15(23)12-7-13(18)8-12/h9-10,12-13H,2-8,11H2,1H3/t12?,13?,17-/m0/s1. The van der Waals surface area contributed by atoms with Crippen molar-refractivity contribution in [3.05, 3.63) is 12.4 Å². The molecule has 0 unspecified atom stereocenters. The van der Waals surface area contributed by atoms with E-state index >= 15 is 0 Å². The van der Waals surface area contributed by atoms with Crippen LogP contribution in [0.3, 0.4) is 0 Å². The molecule has 6 nitrogen and oxygen atoms in total. The van der Waals surface area contributed by atoms with Crippen molar-refractivity contribution in [2.24, 2.45) is 18.4 Å². The second-order valence-electron chi connectivity index (χ2n) is 7.49. The second-order valence-corrected chi connectivity index (χ2v) is 7.49. The molecule has 3 heterocycles. The van der Waals surface area contributed by atoms with Gasteiger partial charge >= 0.3 is 0 Å². The van der Waals surface area contributed by atoms with Crippen LogP contribution in [0.1, 0.15) is 32.1 Å². The number of rotatable bonds is 2. The van der Waals surface area contributed by atoms with Crippen LogP contribution in [0, 0.1) is 11.3 Å². The van der Waals surface area contributed by atoms with E-state index in [1.54, 1.807) is 15.8 Å². The molecule has 1 aromatic rings. The summed E-state index contributed by atoms with van der Waals surface area (Å²) < 4.78 is 14.7. The molecule has 130 valence electrons. The fraction of sp³-hybridized carbons (Fsp3) is 0.706. The number of nitrogens with zero attached hydrogens (tertiary/aromatic N) is 4. The van der Waals surface area contributed by atoms with E-state index in [4.69, 9.17) is 0 Å². The van der Waals surface area contributed by atoms with E-state index < -0.39 is 11.6 Å². The van der Waals surface area contributed by atoms with E-state index in [-0.39, 0.29) is 17.7 Å². The first-order valence-electron chi connectivity index (χ1n) is 8.72. The van der Waals surface area contributed by atoms with Crippen LogP contribution >= 0.6 is 0 Å². The van der Waals surface area contributed by atoms with Crippen molar-refractivity contribution in [2.45, 2.75) is 38.3 Å². The second kappa shape index (κ2) is 5.57. The summed E-state index contributed by atoms with van der Waals surface area (Å²) in [6.07, 6.45) is 5.84. The average Bonchev–Trinajstić information content (AvgIpc) is 3.09. The first-order valence-corrected chi connectivity index (χ1v) is 8.72. The summed E-state index contributed by atoms with van der Waals surface area (Å²) in [4.78, 5) is 29.2. The summed E-state index contributed by atoms with van der Waals surface area (Å²) in [5.41, 5.74) is 0.352. The third kappa shape index (κ3) is 2.41. The molecule has 2 amide bonds. The summed E-state index contributed by atoms with van der Waals surface area (Å²) in [7, 11) is 1.83. The highest BCUT2D eigenvalue weighted by Crippen LogP contribution is 2.43. The molecule has 1 atom stereocenters. The highest BCUT2D eigenvalue weighted by atomic mass is 19.1. The number of aromatic nitrogens is 2. The van der Waals surface area contributed by atoms with Gasteiger partial charge in [-0.1, -0.05) is 0 Å². The monoisotopic (exact) mass is 334 g/mol. The smallest absolute Gasteiger partial charge is 0.235 e. The van der Waals surface area contributed by atoms with Crippen LogP contribution in [0.25, 0.3) is 0 Å². The minimum Gasteiger partial charge on any atom is -0.341 e. The molecule has 7 heteroatoms. The lowest BCUT2D eigenvalue weighted by atomic mass is 9.76. The van der Waals surface area contributed by atoms with Gasteiger partial charge in [0.05, 0.1) is 17.3 Å². The van der Waals surface area contributed by atoms with Crippen molar-refractivity contribution in [2.75, 3.05) is 24.5 Å². The van der Waals surface area contributed by atoms with Gasteiger partial charge in [0.15, 0.2) is 0 Å². The molecule has 0 N–H and O–H groups in total. The Morgan fingerprint density at radius 1 is 1.33 bits per heavy atom. The van der Waals surface area contributed by atoms with E-state index in [1.165, 1.54) is 0 Å². The molecule has 0 radical (unpaired) electrons. The molecule has 0 bridgehead atoms. The molecule has 3 fully saturated rings. The van der Waals surface area contributed by atoms with Gasteiger partial charge < -0.3 is 9.80 Å². The Hall–Kier alpha value is -1.92. The van der Waals surface area contributed by atoms with Gasteiger partial charge in [0.2, 0.25) is 11.8 Å². The molecule has 2 saturated heterocycles. The number of likely N-dealkylation sites (tertiary alicyclic amines) is 1. The van der Waals surface area contributed by atoms with E-state index in [1.807, 2.05) is 18.1 Å². The predicted molar refractivity (Wildman–Crippen MR) is 86.0 cm³/mol. The lowest BCUT2D eigenvalue weighted by Gasteiger charge is -2.42. The fourth-order valence-corrected chi connectivity index (χ4v) is 4.32. The van der Waals surface area contributed by atoms with Gasteiger partial charge in [0, 0.05) is 38.8 Å². The maximum atomic E-state index is 13.1. The average molecular weight is 334 g/mol. The topological polar surface area (TPSA) is 58.4 Å². The van der Waals surface area contributed by atoms with E-state index in [0.717, 1.165) is 24.9 Å². The number of carbonyl (C=O) groups excluding carboxylic acids is 2. The van der Waals surface area contributed by atoms with Gasteiger partial charge in [-0.25, -0.2) is 4.39 Å². The van der Waals surface area contributed by atoms with Gasteiger partial charge in [0.25, 0.3) is 0 Å². The van der Waals surface area contributed by atoms with Crippen LogP contribution < -0.4 is 4.90 Å². The summed E-state index contributed by atoms with van der Waals surface area (Å²) in [6, 6.07) is 0. The molecule has 3 aliphatic rings. The maximum Gasteiger partial charge on any atom is 0.235 e. The third-order valence-electron chi connectivity index (χ3n) is 5.83.